The smallest absolute Gasteiger partial charge is 0.415 e. The number of amides is 1. The molecule has 1 rings (SSSR count). The number of ether oxygens (including phenoxy) is 1. The summed E-state index contributed by atoms with van der Waals surface area (Å²) >= 11 is 0. The van der Waals surface area contributed by atoms with E-state index >= 15 is 0 Å². The van der Waals surface area contributed by atoms with Gasteiger partial charge in [0.15, 0.2) is 0 Å². The van der Waals surface area contributed by atoms with Crippen LogP contribution in [0.4, 0.5) is 16.3 Å². The third-order valence-electron chi connectivity index (χ3n) is 2.63. The van der Waals surface area contributed by atoms with Gasteiger partial charge >= 0.3 is 6.09 Å². The van der Waals surface area contributed by atoms with E-state index in [1.165, 1.54) is 17.0 Å². The molecule has 0 N–H and O–H groups in total. The number of hydrogen-bond acceptors (Lipinski definition) is 5. The van der Waals surface area contributed by atoms with Gasteiger partial charge in [0, 0.05) is 12.1 Å². The third-order valence-corrected chi connectivity index (χ3v) is 2.63. The highest BCUT2D eigenvalue weighted by Gasteiger charge is 2.22. The van der Waals surface area contributed by atoms with Crippen molar-refractivity contribution in [3.8, 4) is 0 Å². The molecule has 0 saturated heterocycles. The Morgan fingerprint density at radius 1 is 1.50 bits per heavy atom. The third kappa shape index (κ3) is 4.18. The van der Waals surface area contributed by atoms with E-state index in [4.69, 9.17) is 4.74 Å². The summed E-state index contributed by atoms with van der Waals surface area (Å²) in [5.41, 5.74) is -0.114. The van der Waals surface area contributed by atoms with Gasteiger partial charge in [0.05, 0.1) is 11.5 Å². The van der Waals surface area contributed by atoms with E-state index in [2.05, 4.69) is 4.98 Å². The Balaban J connectivity index is 2.85. The number of aromatic nitrogens is 1. The molecule has 0 unspecified atom stereocenters. The number of pyridine rings is 1. The lowest BCUT2D eigenvalue weighted by molar-refractivity contribution is -0.385. The molecular weight excluding hydrogens is 262 g/mol. The maximum absolute atomic E-state index is 12.0. The van der Waals surface area contributed by atoms with Crippen LogP contribution in [0.2, 0.25) is 0 Å². The fourth-order valence-electron chi connectivity index (χ4n) is 1.57. The SMILES string of the molecule is CCCCOC(=O)N(c1ccc([N+](=O)[O-])cn1)C(C)C. The molecule has 0 fully saturated rings. The maximum Gasteiger partial charge on any atom is 0.415 e. The predicted molar refractivity (Wildman–Crippen MR) is 74.8 cm³/mol. The van der Waals surface area contributed by atoms with Crippen LogP contribution in [0.25, 0.3) is 0 Å². The summed E-state index contributed by atoms with van der Waals surface area (Å²) in [6.45, 7) is 6.01. The van der Waals surface area contributed by atoms with Crippen molar-refractivity contribution in [2.24, 2.45) is 0 Å². The van der Waals surface area contributed by atoms with Crippen LogP contribution in [-0.2, 0) is 4.74 Å². The molecule has 0 bridgehead atoms. The molecule has 0 radical (unpaired) electrons. The molecule has 0 atom stereocenters. The molecule has 0 aromatic carbocycles. The fourth-order valence-corrected chi connectivity index (χ4v) is 1.57. The Morgan fingerprint density at radius 3 is 2.65 bits per heavy atom. The first-order valence-electron chi connectivity index (χ1n) is 6.53. The van der Waals surface area contributed by atoms with Crippen LogP contribution in [0.15, 0.2) is 18.3 Å². The van der Waals surface area contributed by atoms with E-state index in [0.717, 1.165) is 19.0 Å². The van der Waals surface area contributed by atoms with E-state index in [1.54, 1.807) is 0 Å². The number of nitro groups is 1. The number of carbonyl (C=O) groups is 1. The number of carbonyl (C=O) groups excluding carboxylic acids is 1. The highest BCUT2D eigenvalue weighted by atomic mass is 16.6. The minimum absolute atomic E-state index is 0.114. The zero-order chi connectivity index (χ0) is 15.1. The van der Waals surface area contributed by atoms with Gasteiger partial charge in [0.2, 0.25) is 0 Å². The normalized spacial score (nSPS) is 10.4. The van der Waals surface area contributed by atoms with Crippen molar-refractivity contribution in [3.05, 3.63) is 28.4 Å². The van der Waals surface area contributed by atoms with Crippen LogP contribution in [0.5, 0.6) is 0 Å². The van der Waals surface area contributed by atoms with Crippen LogP contribution in [0, 0.1) is 10.1 Å². The quantitative estimate of drug-likeness (QED) is 0.454. The summed E-state index contributed by atoms with van der Waals surface area (Å²) in [5.74, 6) is 0.340. The van der Waals surface area contributed by atoms with Gasteiger partial charge in [-0.1, -0.05) is 13.3 Å². The Morgan fingerprint density at radius 2 is 2.20 bits per heavy atom. The van der Waals surface area contributed by atoms with Gasteiger partial charge in [-0.3, -0.25) is 15.0 Å². The number of hydrogen-bond donors (Lipinski definition) is 0. The second-order valence-corrected chi connectivity index (χ2v) is 4.56. The van der Waals surface area contributed by atoms with Crippen molar-refractivity contribution in [1.82, 2.24) is 4.98 Å². The highest BCUT2D eigenvalue weighted by Crippen LogP contribution is 2.18. The number of rotatable bonds is 6. The molecule has 0 aliphatic carbocycles. The van der Waals surface area contributed by atoms with Crippen molar-refractivity contribution >= 4 is 17.6 Å². The van der Waals surface area contributed by atoms with Crippen molar-refractivity contribution in [2.45, 2.75) is 39.7 Å². The molecule has 20 heavy (non-hydrogen) atoms. The largest absolute Gasteiger partial charge is 0.449 e. The van der Waals surface area contributed by atoms with Gasteiger partial charge in [0.1, 0.15) is 12.0 Å². The van der Waals surface area contributed by atoms with Gasteiger partial charge in [-0.15, -0.1) is 0 Å². The van der Waals surface area contributed by atoms with Crippen LogP contribution in [0.1, 0.15) is 33.6 Å². The van der Waals surface area contributed by atoms with Crippen LogP contribution in [-0.4, -0.2) is 28.6 Å². The molecule has 0 aliphatic rings. The Hall–Kier alpha value is -2.18. The topological polar surface area (TPSA) is 85.6 Å². The molecule has 110 valence electrons. The number of nitrogens with zero attached hydrogens (tertiary/aromatic N) is 3. The second-order valence-electron chi connectivity index (χ2n) is 4.56. The van der Waals surface area contributed by atoms with Crippen LogP contribution < -0.4 is 4.90 Å². The van der Waals surface area contributed by atoms with Gasteiger partial charge in [0.25, 0.3) is 5.69 Å². The van der Waals surface area contributed by atoms with Gasteiger partial charge < -0.3 is 4.74 Å². The van der Waals surface area contributed by atoms with Crippen LogP contribution >= 0.6 is 0 Å². The van der Waals surface area contributed by atoms with E-state index < -0.39 is 11.0 Å². The number of unbranched alkanes of at least 4 members (excludes halogenated alkanes) is 1. The van der Waals surface area contributed by atoms with Gasteiger partial charge in [-0.25, -0.2) is 9.78 Å². The fraction of sp³-hybridized carbons (Fsp3) is 0.538. The van der Waals surface area contributed by atoms with Crippen molar-refractivity contribution < 1.29 is 14.5 Å². The first kappa shape index (κ1) is 15.9. The highest BCUT2D eigenvalue weighted by molar-refractivity contribution is 5.87. The zero-order valence-electron chi connectivity index (χ0n) is 11.9. The summed E-state index contributed by atoms with van der Waals surface area (Å²) in [7, 11) is 0. The summed E-state index contributed by atoms with van der Waals surface area (Å²) in [4.78, 5) is 27.4. The molecule has 1 aromatic rings. The Labute approximate surface area is 117 Å². The van der Waals surface area contributed by atoms with Crippen molar-refractivity contribution in [1.29, 1.82) is 0 Å². The van der Waals surface area contributed by atoms with E-state index in [0.29, 0.717) is 12.4 Å². The van der Waals surface area contributed by atoms with Gasteiger partial charge in [-0.2, -0.15) is 0 Å². The standard InChI is InChI=1S/C13H19N3O4/c1-4-5-8-20-13(17)15(10(2)3)12-7-6-11(9-14-12)16(18)19/h6-7,9-10H,4-5,8H2,1-3H3. The molecule has 1 aromatic heterocycles. The van der Waals surface area contributed by atoms with E-state index in [9.17, 15) is 14.9 Å². The molecule has 1 heterocycles. The molecule has 7 heteroatoms. The Bertz CT molecular complexity index is 459. The Kier molecular flexibility index (Phi) is 5.89. The molecule has 7 nitrogen and oxygen atoms in total. The lowest BCUT2D eigenvalue weighted by Crippen LogP contribution is -2.38. The first-order chi connectivity index (χ1) is 9.47. The monoisotopic (exact) mass is 281 g/mol. The van der Waals surface area contributed by atoms with E-state index in [1.807, 2.05) is 20.8 Å². The van der Waals surface area contributed by atoms with Crippen molar-refractivity contribution in [3.63, 3.8) is 0 Å². The molecule has 0 aliphatic heterocycles. The first-order valence-corrected chi connectivity index (χ1v) is 6.53. The average molecular weight is 281 g/mol. The second kappa shape index (κ2) is 7.42. The lowest BCUT2D eigenvalue weighted by atomic mass is 10.3. The minimum Gasteiger partial charge on any atom is -0.449 e. The zero-order valence-corrected chi connectivity index (χ0v) is 11.9. The summed E-state index contributed by atoms with van der Waals surface area (Å²) in [6.07, 6.45) is 2.37. The summed E-state index contributed by atoms with van der Waals surface area (Å²) in [6, 6.07) is 2.61. The van der Waals surface area contributed by atoms with E-state index in [-0.39, 0.29) is 11.7 Å². The molecular formula is C13H19N3O4. The lowest BCUT2D eigenvalue weighted by Gasteiger charge is -2.24. The number of anilines is 1. The average Bonchev–Trinajstić information content (AvgIpc) is 2.39. The van der Waals surface area contributed by atoms with Crippen LogP contribution in [0.3, 0.4) is 0 Å². The predicted octanol–water partition coefficient (Wildman–Crippen LogP) is 3.14. The minimum atomic E-state index is -0.532. The maximum atomic E-state index is 12.0. The summed E-state index contributed by atoms with van der Waals surface area (Å²) in [5, 5.41) is 10.6. The molecule has 1 amide bonds. The molecule has 0 saturated carbocycles. The summed E-state index contributed by atoms with van der Waals surface area (Å²) < 4.78 is 5.15. The van der Waals surface area contributed by atoms with Crippen molar-refractivity contribution in [2.75, 3.05) is 11.5 Å². The molecule has 0 spiro atoms. The van der Waals surface area contributed by atoms with Gasteiger partial charge in [-0.05, 0) is 26.3 Å².